The molecule has 0 amide bonds. The van der Waals surface area contributed by atoms with Crippen LogP contribution in [0.3, 0.4) is 0 Å². The molecule has 0 unspecified atom stereocenters. The zero-order valence-corrected chi connectivity index (χ0v) is 22.1. The maximum absolute atomic E-state index is 13.2. The largest absolute Gasteiger partial charge is 0.465 e. The number of carbonyl (C=O) groups excluding carboxylic acids is 2. The molecule has 3 rings (SSSR count). The number of ether oxygens (including phenoxy) is 2. The zero-order chi connectivity index (χ0) is 26.5. The van der Waals surface area contributed by atoms with Gasteiger partial charge in [-0.05, 0) is 58.8 Å². The summed E-state index contributed by atoms with van der Waals surface area (Å²) in [7, 11) is 2.63. The van der Waals surface area contributed by atoms with Gasteiger partial charge in [0.2, 0.25) is 0 Å². The highest BCUT2D eigenvalue weighted by molar-refractivity contribution is 6.09. The number of methoxy groups -OCH3 is 2. The van der Waals surface area contributed by atoms with E-state index in [1.807, 2.05) is 74.6 Å². The van der Waals surface area contributed by atoms with Crippen LogP contribution in [0.15, 0.2) is 117 Å². The van der Waals surface area contributed by atoms with Crippen LogP contribution in [0.1, 0.15) is 40.2 Å². The highest BCUT2D eigenvalue weighted by Gasteiger charge is 2.33. The van der Waals surface area contributed by atoms with Gasteiger partial charge < -0.3 is 9.47 Å². The van der Waals surface area contributed by atoms with Crippen molar-refractivity contribution >= 4 is 18.0 Å². The fourth-order valence-corrected chi connectivity index (χ4v) is 4.26. The fourth-order valence-electron chi connectivity index (χ4n) is 4.26. The minimum atomic E-state index is -0.591. The molecule has 0 aromatic heterocycles. The lowest BCUT2D eigenvalue weighted by Gasteiger charge is -2.21. The third kappa shape index (κ3) is 5.83. The van der Waals surface area contributed by atoms with Gasteiger partial charge in [-0.1, -0.05) is 93.6 Å². The molecule has 0 N–H and O–H groups in total. The van der Waals surface area contributed by atoms with Gasteiger partial charge in [-0.2, -0.15) is 0 Å². The van der Waals surface area contributed by atoms with E-state index in [2.05, 4.69) is 32.9 Å². The van der Waals surface area contributed by atoms with Crippen LogP contribution in [-0.4, -0.2) is 26.2 Å². The summed E-state index contributed by atoms with van der Waals surface area (Å²) in [6.07, 6.45) is 15.7. The lowest BCUT2D eigenvalue weighted by atomic mass is 9.83. The highest BCUT2D eigenvalue weighted by Crippen LogP contribution is 2.42. The minimum absolute atomic E-state index is 0.144. The number of allylic oxidation sites excluding steroid dienone is 13. The molecule has 0 atom stereocenters. The molecule has 0 saturated heterocycles. The van der Waals surface area contributed by atoms with Crippen molar-refractivity contribution in [1.29, 1.82) is 0 Å². The van der Waals surface area contributed by atoms with E-state index in [9.17, 15) is 9.59 Å². The van der Waals surface area contributed by atoms with Crippen molar-refractivity contribution in [2.75, 3.05) is 14.2 Å². The Morgan fingerprint density at radius 1 is 0.806 bits per heavy atom. The molecule has 0 bridgehead atoms. The van der Waals surface area contributed by atoms with E-state index in [1.165, 1.54) is 14.2 Å². The van der Waals surface area contributed by atoms with Gasteiger partial charge in [0.25, 0.3) is 0 Å². The predicted octanol–water partition coefficient (Wildman–Crippen LogP) is 7.01. The van der Waals surface area contributed by atoms with Crippen LogP contribution in [0.25, 0.3) is 6.08 Å². The van der Waals surface area contributed by atoms with Gasteiger partial charge in [-0.15, -0.1) is 0 Å². The predicted molar refractivity (Wildman–Crippen MR) is 146 cm³/mol. The maximum Gasteiger partial charge on any atom is 0.339 e. The van der Waals surface area contributed by atoms with Crippen molar-refractivity contribution in [2.24, 2.45) is 5.41 Å². The van der Waals surface area contributed by atoms with E-state index in [1.54, 1.807) is 6.08 Å². The quantitative estimate of drug-likeness (QED) is 0.334. The molecular weight excluding hydrogens is 448 g/mol. The van der Waals surface area contributed by atoms with Crippen LogP contribution in [0.2, 0.25) is 0 Å². The van der Waals surface area contributed by atoms with Gasteiger partial charge in [-0.25, -0.2) is 9.59 Å². The normalized spacial score (nSPS) is 16.6. The Morgan fingerprint density at radius 3 is 2.06 bits per heavy atom. The first kappa shape index (κ1) is 26.7. The van der Waals surface area contributed by atoms with Crippen LogP contribution < -0.4 is 0 Å². The molecule has 36 heavy (non-hydrogen) atoms. The van der Waals surface area contributed by atoms with Crippen molar-refractivity contribution in [2.45, 2.75) is 34.6 Å². The fraction of sp³-hybridized carbons (Fsp3) is 0.250. The molecule has 2 aliphatic carbocycles. The maximum atomic E-state index is 13.2. The summed E-state index contributed by atoms with van der Waals surface area (Å²) in [5, 5.41) is 0. The van der Waals surface area contributed by atoms with Crippen molar-refractivity contribution in [3.05, 3.63) is 123 Å². The molecule has 4 nitrogen and oxygen atoms in total. The first-order valence-electron chi connectivity index (χ1n) is 11.9. The van der Waals surface area contributed by atoms with Crippen LogP contribution in [0, 0.1) is 5.41 Å². The second kappa shape index (κ2) is 11.2. The summed E-state index contributed by atoms with van der Waals surface area (Å²) in [5.41, 5.74) is 6.72. The molecule has 1 aromatic rings. The monoisotopic (exact) mass is 482 g/mol. The summed E-state index contributed by atoms with van der Waals surface area (Å²) in [4.78, 5) is 26.0. The highest BCUT2D eigenvalue weighted by atomic mass is 16.5. The molecule has 0 fully saturated rings. The molecule has 186 valence electrons. The molecule has 0 spiro atoms. The van der Waals surface area contributed by atoms with Crippen LogP contribution >= 0.6 is 0 Å². The van der Waals surface area contributed by atoms with E-state index in [0.717, 1.165) is 33.4 Å². The van der Waals surface area contributed by atoms with E-state index in [4.69, 9.17) is 9.47 Å². The van der Waals surface area contributed by atoms with Gasteiger partial charge in [0.1, 0.15) is 0 Å². The van der Waals surface area contributed by atoms with Crippen LogP contribution in [0.4, 0.5) is 0 Å². The van der Waals surface area contributed by atoms with Crippen molar-refractivity contribution in [1.82, 2.24) is 0 Å². The Morgan fingerprint density at radius 2 is 1.44 bits per heavy atom. The van der Waals surface area contributed by atoms with Crippen molar-refractivity contribution < 1.29 is 19.1 Å². The Balaban J connectivity index is 2.33. The number of carbonyl (C=O) groups is 2. The Kier molecular flexibility index (Phi) is 8.31. The number of benzene rings is 1. The van der Waals surface area contributed by atoms with E-state index in [0.29, 0.717) is 5.57 Å². The van der Waals surface area contributed by atoms with Gasteiger partial charge in [-0.3, -0.25) is 0 Å². The Bertz CT molecular complexity index is 1300. The molecule has 0 radical (unpaired) electrons. The topological polar surface area (TPSA) is 52.6 Å². The number of fused-ring (bicyclic) bond motifs is 1. The smallest absolute Gasteiger partial charge is 0.339 e. The molecule has 0 heterocycles. The van der Waals surface area contributed by atoms with Crippen molar-refractivity contribution in [3.63, 3.8) is 0 Å². The van der Waals surface area contributed by atoms with Gasteiger partial charge in [0.05, 0.1) is 25.4 Å². The summed E-state index contributed by atoms with van der Waals surface area (Å²) in [5.74, 6) is -1.18. The minimum Gasteiger partial charge on any atom is -0.465 e. The lowest BCUT2D eigenvalue weighted by Crippen LogP contribution is -2.18. The third-order valence-electron chi connectivity index (χ3n) is 6.17. The number of esters is 2. The lowest BCUT2D eigenvalue weighted by molar-refractivity contribution is -0.139. The third-order valence-corrected chi connectivity index (χ3v) is 6.17. The second-order valence-corrected chi connectivity index (χ2v) is 9.80. The molecule has 2 aliphatic rings. The Labute approximate surface area is 214 Å². The first-order chi connectivity index (χ1) is 17.1. The van der Waals surface area contributed by atoms with Gasteiger partial charge >= 0.3 is 11.9 Å². The number of rotatable bonds is 5. The van der Waals surface area contributed by atoms with Crippen LogP contribution in [-0.2, 0) is 19.1 Å². The van der Waals surface area contributed by atoms with E-state index >= 15 is 0 Å². The average molecular weight is 483 g/mol. The SMILES string of the molecule is COC(=O)C1=CC=C(C)C2=C(C)C=C(C(C)(C)C)C=C(/C=C/C=C/c3ccccc3)C2=C1C(=O)OC. The summed E-state index contributed by atoms with van der Waals surface area (Å²) < 4.78 is 10.2. The zero-order valence-electron chi connectivity index (χ0n) is 22.1. The molecule has 0 aliphatic heterocycles. The van der Waals surface area contributed by atoms with E-state index < -0.39 is 11.9 Å². The summed E-state index contributed by atoms with van der Waals surface area (Å²) in [6, 6.07) is 10.0. The average Bonchev–Trinajstić information content (AvgIpc) is 3.10. The summed E-state index contributed by atoms with van der Waals surface area (Å²) >= 11 is 0. The molecule has 1 aromatic carbocycles. The summed E-state index contributed by atoms with van der Waals surface area (Å²) in [6.45, 7) is 10.5. The van der Waals surface area contributed by atoms with Crippen molar-refractivity contribution in [3.8, 4) is 0 Å². The Hall–Kier alpha value is -3.92. The molecule has 4 heteroatoms. The number of hydrogen-bond acceptors (Lipinski definition) is 4. The number of hydrogen-bond donors (Lipinski definition) is 0. The molecule has 0 saturated carbocycles. The standard InChI is InChI=1S/C32H34O4/c1-21-17-18-26(30(33)35-6)29(31(34)36-7)28-24(16-12-11-15-23-13-9-8-10-14-23)20-25(32(3,4)5)19-22(2)27(21)28/h8-20H,1-7H3/b15-11+,16-12+. The van der Waals surface area contributed by atoms with Gasteiger partial charge in [0, 0.05) is 5.57 Å². The van der Waals surface area contributed by atoms with E-state index in [-0.39, 0.29) is 16.6 Å². The van der Waals surface area contributed by atoms with Crippen LogP contribution in [0.5, 0.6) is 0 Å². The van der Waals surface area contributed by atoms with Gasteiger partial charge in [0.15, 0.2) is 0 Å². The molecular formula is C32H34O4. The second-order valence-electron chi connectivity index (χ2n) is 9.80. The first-order valence-corrected chi connectivity index (χ1v) is 11.9.